The summed E-state index contributed by atoms with van der Waals surface area (Å²) in [5.41, 5.74) is 0.884. The molecule has 17 heavy (non-hydrogen) atoms. The number of thioether (sulfide) groups is 1. The molecule has 0 radical (unpaired) electrons. The Balaban J connectivity index is 2.13. The quantitative estimate of drug-likeness (QED) is 0.649. The van der Waals surface area contributed by atoms with Crippen LogP contribution in [0.5, 0.6) is 0 Å². The second-order valence-corrected chi connectivity index (χ2v) is 5.02. The van der Waals surface area contributed by atoms with Gasteiger partial charge < -0.3 is 10.0 Å². The molecule has 0 amide bonds. The van der Waals surface area contributed by atoms with Gasteiger partial charge in [0.1, 0.15) is 5.03 Å². The van der Waals surface area contributed by atoms with E-state index in [4.69, 9.17) is 5.11 Å². The predicted molar refractivity (Wildman–Crippen MR) is 66.6 cm³/mol. The number of hydrogen-bond donors (Lipinski definition) is 1. The summed E-state index contributed by atoms with van der Waals surface area (Å²) in [6.07, 6.45) is 2.35. The highest BCUT2D eigenvalue weighted by Gasteiger charge is 2.16. The Kier molecular flexibility index (Phi) is 3.83. The Morgan fingerprint density at radius 1 is 1.47 bits per heavy atom. The lowest BCUT2D eigenvalue weighted by Gasteiger charge is -2.16. The van der Waals surface area contributed by atoms with Gasteiger partial charge in [0.25, 0.3) is 0 Å². The third-order valence-electron chi connectivity index (χ3n) is 2.55. The number of hydrogen-bond acceptors (Lipinski definition) is 5. The lowest BCUT2D eigenvalue weighted by Crippen LogP contribution is -2.21. The van der Waals surface area contributed by atoms with Crippen molar-refractivity contribution < 1.29 is 9.90 Å². The molecule has 0 aliphatic carbocycles. The van der Waals surface area contributed by atoms with E-state index in [1.165, 1.54) is 24.6 Å². The number of aliphatic carboxylic acids is 1. The maximum atomic E-state index is 10.5. The van der Waals surface area contributed by atoms with Crippen LogP contribution in [0.1, 0.15) is 18.5 Å². The molecule has 1 saturated heterocycles. The van der Waals surface area contributed by atoms with Crippen molar-refractivity contribution in [3.8, 4) is 0 Å². The van der Waals surface area contributed by atoms with E-state index < -0.39 is 5.97 Å². The van der Waals surface area contributed by atoms with Crippen LogP contribution in [0.3, 0.4) is 0 Å². The SMILES string of the molecule is Cc1cc(SCC(=O)O)nc(N2CCCC2)n1. The summed E-state index contributed by atoms with van der Waals surface area (Å²) in [7, 11) is 0. The molecule has 6 heteroatoms. The molecule has 0 aromatic carbocycles. The first-order chi connectivity index (χ1) is 8.15. The highest BCUT2D eigenvalue weighted by molar-refractivity contribution is 7.99. The summed E-state index contributed by atoms with van der Waals surface area (Å²) in [5, 5.41) is 9.39. The second kappa shape index (κ2) is 5.35. The molecule has 2 heterocycles. The van der Waals surface area contributed by atoms with E-state index in [0.717, 1.165) is 29.8 Å². The molecule has 0 atom stereocenters. The molecule has 1 aromatic rings. The van der Waals surface area contributed by atoms with Gasteiger partial charge in [-0.15, -0.1) is 0 Å². The van der Waals surface area contributed by atoms with Crippen LogP contribution < -0.4 is 4.90 Å². The van der Waals surface area contributed by atoms with E-state index in [-0.39, 0.29) is 5.75 Å². The van der Waals surface area contributed by atoms with E-state index in [2.05, 4.69) is 14.9 Å². The van der Waals surface area contributed by atoms with E-state index in [9.17, 15) is 4.79 Å². The van der Waals surface area contributed by atoms with Gasteiger partial charge in [0.2, 0.25) is 5.95 Å². The molecule has 1 aliphatic heterocycles. The van der Waals surface area contributed by atoms with Gasteiger partial charge in [0, 0.05) is 18.8 Å². The standard InChI is InChI=1S/C11H15N3O2S/c1-8-6-9(17-7-10(15)16)13-11(12-8)14-4-2-3-5-14/h6H,2-5,7H2,1H3,(H,15,16). The van der Waals surface area contributed by atoms with Crippen LogP contribution in [-0.2, 0) is 4.79 Å². The molecule has 0 unspecified atom stereocenters. The number of nitrogens with zero attached hydrogens (tertiary/aromatic N) is 3. The summed E-state index contributed by atoms with van der Waals surface area (Å²) in [6.45, 7) is 3.89. The number of aryl methyl sites for hydroxylation is 1. The molecule has 1 aliphatic rings. The number of carboxylic acid groups (broad SMARTS) is 1. The fourth-order valence-corrected chi connectivity index (χ4v) is 2.46. The van der Waals surface area contributed by atoms with Gasteiger partial charge in [-0.05, 0) is 25.8 Å². The number of carboxylic acids is 1. The molecule has 0 saturated carbocycles. The van der Waals surface area contributed by atoms with Gasteiger partial charge in [0.15, 0.2) is 0 Å². The summed E-state index contributed by atoms with van der Waals surface area (Å²) in [4.78, 5) is 21.5. The van der Waals surface area contributed by atoms with Crippen LogP contribution in [0.15, 0.2) is 11.1 Å². The lowest BCUT2D eigenvalue weighted by atomic mass is 10.4. The van der Waals surface area contributed by atoms with Gasteiger partial charge in [0.05, 0.1) is 5.75 Å². The minimum Gasteiger partial charge on any atom is -0.481 e. The average molecular weight is 253 g/mol. The van der Waals surface area contributed by atoms with Crippen LogP contribution >= 0.6 is 11.8 Å². The Labute approximate surface area is 104 Å². The smallest absolute Gasteiger partial charge is 0.313 e. The minimum absolute atomic E-state index is 0.0376. The molecule has 0 bridgehead atoms. The lowest BCUT2D eigenvalue weighted by molar-refractivity contribution is -0.133. The van der Waals surface area contributed by atoms with Crippen LogP contribution in [0.25, 0.3) is 0 Å². The van der Waals surface area contributed by atoms with Gasteiger partial charge >= 0.3 is 5.97 Å². The average Bonchev–Trinajstić information content (AvgIpc) is 2.79. The fraction of sp³-hybridized carbons (Fsp3) is 0.545. The van der Waals surface area contributed by atoms with Gasteiger partial charge in [-0.3, -0.25) is 4.79 Å². The minimum atomic E-state index is -0.825. The van der Waals surface area contributed by atoms with Crippen LogP contribution in [-0.4, -0.2) is 39.9 Å². The topological polar surface area (TPSA) is 66.3 Å². The zero-order valence-electron chi connectivity index (χ0n) is 9.72. The van der Waals surface area contributed by atoms with Crippen LogP contribution in [0.4, 0.5) is 5.95 Å². The molecular formula is C11H15N3O2S. The first-order valence-corrected chi connectivity index (χ1v) is 6.59. The molecule has 1 N–H and O–H groups in total. The normalized spacial score (nSPS) is 15.2. The van der Waals surface area contributed by atoms with Crippen molar-refractivity contribution in [2.75, 3.05) is 23.7 Å². The number of rotatable bonds is 4. The predicted octanol–water partition coefficient (Wildman–Crippen LogP) is 1.56. The van der Waals surface area contributed by atoms with Crippen molar-refractivity contribution in [3.63, 3.8) is 0 Å². The summed E-state index contributed by atoms with van der Waals surface area (Å²) >= 11 is 1.24. The van der Waals surface area contributed by atoms with Crippen molar-refractivity contribution in [1.82, 2.24) is 9.97 Å². The molecule has 0 spiro atoms. The molecule has 1 fully saturated rings. The monoisotopic (exact) mass is 253 g/mol. The molecule has 92 valence electrons. The second-order valence-electron chi connectivity index (χ2n) is 4.02. The van der Waals surface area contributed by atoms with Crippen molar-refractivity contribution >= 4 is 23.7 Å². The van der Waals surface area contributed by atoms with Crippen LogP contribution in [0.2, 0.25) is 0 Å². The maximum Gasteiger partial charge on any atom is 0.313 e. The molecule has 1 aromatic heterocycles. The van der Waals surface area contributed by atoms with Crippen molar-refractivity contribution in [3.05, 3.63) is 11.8 Å². The third-order valence-corrected chi connectivity index (χ3v) is 3.45. The molecular weight excluding hydrogens is 238 g/mol. The van der Waals surface area contributed by atoms with Crippen molar-refractivity contribution in [2.24, 2.45) is 0 Å². The molecule has 2 rings (SSSR count). The Bertz CT molecular complexity index is 419. The number of carbonyl (C=O) groups is 1. The fourth-order valence-electron chi connectivity index (χ4n) is 1.79. The van der Waals surface area contributed by atoms with Crippen molar-refractivity contribution in [1.29, 1.82) is 0 Å². The highest BCUT2D eigenvalue weighted by atomic mass is 32.2. The van der Waals surface area contributed by atoms with Crippen molar-refractivity contribution in [2.45, 2.75) is 24.8 Å². The van der Waals surface area contributed by atoms with Gasteiger partial charge in [-0.1, -0.05) is 11.8 Å². The van der Waals surface area contributed by atoms with E-state index in [1.54, 1.807) is 0 Å². The highest BCUT2D eigenvalue weighted by Crippen LogP contribution is 2.21. The summed E-state index contributed by atoms with van der Waals surface area (Å²) < 4.78 is 0. The number of anilines is 1. The number of aromatic nitrogens is 2. The van der Waals surface area contributed by atoms with Crippen LogP contribution in [0, 0.1) is 6.92 Å². The van der Waals surface area contributed by atoms with E-state index in [0.29, 0.717) is 0 Å². The first-order valence-electron chi connectivity index (χ1n) is 5.60. The van der Waals surface area contributed by atoms with Gasteiger partial charge in [-0.2, -0.15) is 0 Å². The molecule has 5 nitrogen and oxygen atoms in total. The van der Waals surface area contributed by atoms with E-state index in [1.807, 2.05) is 13.0 Å². The zero-order chi connectivity index (χ0) is 12.3. The first kappa shape index (κ1) is 12.2. The van der Waals surface area contributed by atoms with Gasteiger partial charge in [-0.25, -0.2) is 9.97 Å². The Hall–Kier alpha value is -1.30. The Morgan fingerprint density at radius 3 is 2.82 bits per heavy atom. The largest absolute Gasteiger partial charge is 0.481 e. The summed E-state index contributed by atoms with van der Waals surface area (Å²) in [5.74, 6) is -0.0556. The van der Waals surface area contributed by atoms with E-state index >= 15 is 0 Å². The Morgan fingerprint density at radius 2 is 2.18 bits per heavy atom. The zero-order valence-corrected chi connectivity index (χ0v) is 10.5. The maximum absolute atomic E-state index is 10.5. The third kappa shape index (κ3) is 3.33. The summed E-state index contributed by atoms with van der Waals surface area (Å²) in [6, 6.07) is 1.83.